The number of amides is 3. The number of para-hydroxylation sites is 1. The summed E-state index contributed by atoms with van der Waals surface area (Å²) >= 11 is 0. The van der Waals surface area contributed by atoms with Crippen molar-refractivity contribution >= 4 is 34.6 Å². The van der Waals surface area contributed by atoms with Crippen molar-refractivity contribution in [3.8, 4) is 0 Å². The smallest absolute Gasteiger partial charge is 0.328 e. The Morgan fingerprint density at radius 2 is 1.49 bits per heavy atom. The molecule has 1 heterocycles. The van der Waals surface area contributed by atoms with E-state index in [0.717, 1.165) is 16.5 Å². The summed E-state index contributed by atoms with van der Waals surface area (Å²) in [5.41, 5.74) is 8.01. The van der Waals surface area contributed by atoms with Crippen LogP contribution in [0.2, 0.25) is 0 Å². The fourth-order valence-electron chi connectivity index (χ4n) is 4.00. The number of aliphatic carboxylic acids is 1. The Labute approximate surface area is 216 Å². The molecule has 2 aromatic rings. The lowest BCUT2D eigenvalue weighted by Gasteiger charge is -2.29. The predicted octanol–water partition coefficient (Wildman–Crippen LogP) is 0.660. The van der Waals surface area contributed by atoms with Crippen molar-refractivity contribution in [1.29, 1.82) is 0 Å². The van der Waals surface area contributed by atoms with Crippen LogP contribution < -0.4 is 21.7 Å². The van der Waals surface area contributed by atoms with Gasteiger partial charge in [-0.3, -0.25) is 14.4 Å². The summed E-state index contributed by atoms with van der Waals surface area (Å²) in [6.45, 7) is 8.30. The Kier molecular flexibility index (Phi) is 10.6. The van der Waals surface area contributed by atoms with Gasteiger partial charge in [0.15, 0.2) is 6.04 Å². The number of aliphatic hydroxyl groups is 1. The minimum atomic E-state index is -1.53. The molecule has 0 aliphatic rings. The largest absolute Gasteiger partial charge is 0.480 e. The second kappa shape index (κ2) is 13.2. The quantitative estimate of drug-likeness (QED) is 0.203. The first-order valence-electron chi connectivity index (χ1n) is 12.5. The molecule has 204 valence electrons. The van der Waals surface area contributed by atoms with Gasteiger partial charge in [0.2, 0.25) is 17.7 Å². The van der Waals surface area contributed by atoms with E-state index in [9.17, 15) is 29.4 Å². The number of aliphatic hydroxyl groups excluding tert-OH is 1. The van der Waals surface area contributed by atoms with Gasteiger partial charge in [-0.1, -0.05) is 52.3 Å². The highest BCUT2D eigenvalue weighted by Gasteiger charge is 2.34. The number of hydrogen-bond donors (Lipinski definition) is 7. The van der Waals surface area contributed by atoms with E-state index in [1.807, 2.05) is 31.2 Å². The molecule has 0 fully saturated rings. The van der Waals surface area contributed by atoms with Gasteiger partial charge < -0.3 is 36.9 Å². The molecule has 6 unspecified atom stereocenters. The molecule has 1 aromatic carbocycles. The van der Waals surface area contributed by atoms with Crippen molar-refractivity contribution in [3.63, 3.8) is 0 Å². The molecule has 0 aliphatic heterocycles. The number of H-pyrrole nitrogens is 1. The molecule has 0 saturated carbocycles. The number of carboxylic acid groups (broad SMARTS) is 1. The van der Waals surface area contributed by atoms with Crippen LogP contribution in [0, 0.1) is 11.8 Å². The molecule has 0 aliphatic carbocycles. The van der Waals surface area contributed by atoms with Crippen LogP contribution in [0.4, 0.5) is 0 Å². The van der Waals surface area contributed by atoms with Crippen LogP contribution in [-0.2, 0) is 25.6 Å². The van der Waals surface area contributed by atoms with Crippen molar-refractivity contribution in [2.24, 2.45) is 17.6 Å². The number of carbonyl (C=O) groups is 4. The summed E-state index contributed by atoms with van der Waals surface area (Å²) in [5, 5.41) is 27.6. The number of carbonyl (C=O) groups excluding carboxylic acids is 3. The second-order valence-electron chi connectivity index (χ2n) is 9.84. The molecule has 11 nitrogen and oxygen atoms in total. The van der Waals surface area contributed by atoms with E-state index in [-0.39, 0.29) is 12.3 Å². The van der Waals surface area contributed by atoms with Crippen LogP contribution >= 0.6 is 0 Å². The molecule has 0 spiro atoms. The topological polar surface area (TPSA) is 187 Å². The number of aromatic amines is 1. The van der Waals surface area contributed by atoms with E-state index in [1.165, 1.54) is 6.92 Å². The number of hydrogen-bond acceptors (Lipinski definition) is 6. The third-order valence-corrected chi connectivity index (χ3v) is 6.54. The van der Waals surface area contributed by atoms with Gasteiger partial charge in [-0.15, -0.1) is 0 Å². The van der Waals surface area contributed by atoms with Crippen molar-refractivity contribution < 1.29 is 29.4 Å². The maximum atomic E-state index is 13.2. The molecular weight excluding hydrogens is 478 g/mol. The highest BCUT2D eigenvalue weighted by Crippen LogP contribution is 2.19. The summed E-state index contributed by atoms with van der Waals surface area (Å²) in [7, 11) is 0. The van der Waals surface area contributed by atoms with Gasteiger partial charge >= 0.3 is 5.97 Å². The third kappa shape index (κ3) is 7.77. The Hall–Kier alpha value is -3.44. The van der Waals surface area contributed by atoms with Crippen molar-refractivity contribution in [2.75, 3.05) is 0 Å². The van der Waals surface area contributed by atoms with Crippen molar-refractivity contribution in [3.05, 3.63) is 36.0 Å². The summed E-state index contributed by atoms with van der Waals surface area (Å²) in [4.78, 5) is 53.6. The Morgan fingerprint density at radius 3 is 2.05 bits per heavy atom. The minimum Gasteiger partial charge on any atom is -0.480 e. The fourth-order valence-corrected chi connectivity index (χ4v) is 4.00. The first-order valence-corrected chi connectivity index (χ1v) is 12.5. The maximum absolute atomic E-state index is 13.2. The molecule has 37 heavy (non-hydrogen) atoms. The highest BCUT2D eigenvalue weighted by molar-refractivity contribution is 5.94. The van der Waals surface area contributed by atoms with E-state index in [1.54, 1.807) is 27.0 Å². The number of nitrogens with one attached hydrogen (secondary N) is 4. The zero-order valence-corrected chi connectivity index (χ0v) is 21.9. The van der Waals surface area contributed by atoms with Crippen molar-refractivity contribution in [1.82, 2.24) is 20.9 Å². The lowest BCUT2D eigenvalue weighted by atomic mass is 9.95. The predicted molar refractivity (Wildman–Crippen MR) is 139 cm³/mol. The third-order valence-electron chi connectivity index (χ3n) is 6.54. The fraction of sp³-hybridized carbons (Fsp3) is 0.538. The summed E-state index contributed by atoms with van der Waals surface area (Å²) in [6, 6.07) is 3.17. The SMILES string of the molecule is CCC(C)C(NC(=O)C(N)Cc1c[nH]c2ccccc12)C(=O)NC(C(=O)NC(C(=O)O)C(C)O)C(C)C. The van der Waals surface area contributed by atoms with Crippen LogP contribution in [0.25, 0.3) is 10.9 Å². The van der Waals surface area contributed by atoms with E-state index in [2.05, 4.69) is 20.9 Å². The van der Waals surface area contributed by atoms with E-state index in [0.29, 0.717) is 6.42 Å². The van der Waals surface area contributed by atoms with Gasteiger partial charge in [-0.05, 0) is 36.8 Å². The molecule has 6 atom stereocenters. The average molecular weight is 518 g/mol. The van der Waals surface area contributed by atoms with Crippen LogP contribution in [0.15, 0.2) is 30.5 Å². The standard InChI is InChI=1S/C26H39N5O6/c1-6-14(4)21(25(35)29-20(13(2)3)24(34)31-22(15(5)32)26(36)37)30-23(33)18(27)11-16-12-28-19-10-8-7-9-17(16)19/h7-10,12-15,18,20-22,28,32H,6,11,27H2,1-5H3,(H,29,35)(H,30,33)(H,31,34)(H,36,37). The molecule has 0 radical (unpaired) electrons. The number of aromatic nitrogens is 1. The molecule has 3 amide bonds. The van der Waals surface area contributed by atoms with Crippen LogP contribution in [0.5, 0.6) is 0 Å². The van der Waals surface area contributed by atoms with Gasteiger partial charge in [-0.25, -0.2) is 4.79 Å². The lowest BCUT2D eigenvalue weighted by Crippen LogP contribution is -2.60. The van der Waals surface area contributed by atoms with Crippen LogP contribution in [0.3, 0.4) is 0 Å². The van der Waals surface area contributed by atoms with Gasteiger partial charge in [0.05, 0.1) is 12.1 Å². The summed E-state index contributed by atoms with van der Waals surface area (Å²) in [6.07, 6.45) is 1.30. The molecule has 2 rings (SSSR count). The second-order valence-corrected chi connectivity index (χ2v) is 9.84. The van der Waals surface area contributed by atoms with Crippen LogP contribution in [-0.4, -0.2) is 69.2 Å². The number of rotatable bonds is 13. The molecule has 8 N–H and O–H groups in total. The number of fused-ring (bicyclic) bond motifs is 1. The number of nitrogens with two attached hydrogens (primary N) is 1. The Morgan fingerprint density at radius 1 is 0.919 bits per heavy atom. The minimum absolute atomic E-state index is 0.262. The molecule has 1 aromatic heterocycles. The zero-order valence-electron chi connectivity index (χ0n) is 21.9. The maximum Gasteiger partial charge on any atom is 0.328 e. The average Bonchev–Trinajstić information content (AvgIpc) is 3.25. The molecule has 11 heteroatoms. The van der Waals surface area contributed by atoms with Gasteiger partial charge in [0, 0.05) is 17.1 Å². The van der Waals surface area contributed by atoms with E-state index >= 15 is 0 Å². The van der Waals surface area contributed by atoms with Gasteiger partial charge in [0.25, 0.3) is 0 Å². The molecule has 0 saturated heterocycles. The monoisotopic (exact) mass is 517 g/mol. The lowest BCUT2D eigenvalue weighted by molar-refractivity contribution is -0.145. The summed E-state index contributed by atoms with van der Waals surface area (Å²) < 4.78 is 0. The first-order chi connectivity index (χ1) is 17.4. The number of benzene rings is 1. The normalized spacial score (nSPS) is 16.3. The Bertz CT molecular complexity index is 1100. The van der Waals surface area contributed by atoms with Crippen molar-refractivity contribution in [2.45, 2.75) is 77.7 Å². The Balaban J connectivity index is 2.13. The van der Waals surface area contributed by atoms with Gasteiger partial charge in [0.1, 0.15) is 12.1 Å². The zero-order chi connectivity index (χ0) is 27.9. The summed E-state index contributed by atoms with van der Waals surface area (Å²) in [5.74, 6) is -3.90. The first kappa shape index (κ1) is 29.8. The van der Waals surface area contributed by atoms with E-state index in [4.69, 9.17) is 5.73 Å². The van der Waals surface area contributed by atoms with E-state index < -0.39 is 59.9 Å². The van der Waals surface area contributed by atoms with Crippen LogP contribution in [0.1, 0.15) is 46.6 Å². The molecule has 0 bridgehead atoms. The number of carboxylic acids is 1. The van der Waals surface area contributed by atoms with Gasteiger partial charge in [-0.2, -0.15) is 0 Å². The molecular formula is C26H39N5O6. The highest BCUT2D eigenvalue weighted by atomic mass is 16.4.